The molecule has 0 aromatic heterocycles. The molecule has 4 heteroatoms. The van der Waals surface area contributed by atoms with Crippen molar-refractivity contribution < 1.29 is 8.42 Å². The van der Waals surface area contributed by atoms with Crippen molar-refractivity contribution >= 4 is 10.0 Å². The van der Waals surface area contributed by atoms with E-state index in [1.54, 1.807) is 0 Å². The molecule has 84 valence electrons. The maximum absolute atomic E-state index is 11.0. The molecule has 1 aromatic carbocycles. The topological polar surface area (TPSA) is 46.2 Å². The van der Waals surface area contributed by atoms with Crippen molar-refractivity contribution in [2.75, 3.05) is 6.26 Å². The third kappa shape index (κ3) is 4.44. The molecule has 0 heterocycles. The summed E-state index contributed by atoms with van der Waals surface area (Å²) in [4.78, 5) is 0. The summed E-state index contributed by atoms with van der Waals surface area (Å²) in [5.74, 6) is 0. The lowest BCUT2D eigenvalue weighted by atomic mass is 10.0. The summed E-state index contributed by atoms with van der Waals surface area (Å²) in [6.45, 7) is 3.90. The van der Waals surface area contributed by atoms with Crippen molar-refractivity contribution in [1.29, 1.82) is 0 Å². The Kier molecular flexibility index (Phi) is 3.88. The van der Waals surface area contributed by atoms with E-state index in [1.165, 1.54) is 17.4 Å². The third-order valence-electron chi connectivity index (χ3n) is 2.20. The van der Waals surface area contributed by atoms with Crippen LogP contribution in [0.5, 0.6) is 0 Å². The van der Waals surface area contributed by atoms with Gasteiger partial charge in [-0.1, -0.05) is 24.3 Å². The molecule has 0 saturated heterocycles. The average Bonchev–Trinajstić information content (AvgIpc) is 2.05. The molecular formula is C11H17NO2S. The van der Waals surface area contributed by atoms with E-state index in [2.05, 4.69) is 4.72 Å². The largest absolute Gasteiger partial charge is 0.213 e. The van der Waals surface area contributed by atoms with E-state index in [4.69, 9.17) is 0 Å². The maximum Gasteiger partial charge on any atom is 0.208 e. The Morgan fingerprint density at radius 3 is 2.47 bits per heavy atom. The summed E-state index contributed by atoms with van der Waals surface area (Å²) < 4.78 is 24.6. The number of hydrogen-bond donors (Lipinski definition) is 1. The Labute approximate surface area is 91.6 Å². The van der Waals surface area contributed by atoms with Gasteiger partial charge in [-0.15, -0.1) is 0 Å². The van der Waals surface area contributed by atoms with Crippen LogP contribution in [0.2, 0.25) is 0 Å². The van der Waals surface area contributed by atoms with Gasteiger partial charge in [0.1, 0.15) is 0 Å². The van der Waals surface area contributed by atoms with Gasteiger partial charge in [0.05, 0.1) is 6.26 Å². The van der Waals surface area contributed by atoms with E-state index in [9.17, 15) is 8.42 Å². The van der Waals surface area contributed by atoms with Gasteiger partial charge in [-0.05, 0) is 31.4 Å². The molecular weight excluding hydrogens is 210 g/mol. The summed E-state index contributed by atoms with van der Waals surface area (Å²) in [5, 5.41) is 0. The zero-order chi connectivity index (χ0) is 11.5. The molecule has 0 spiro atoms. The van der Waals surface area contributed by atoms with Gasteiger partial charge in [-0.25, -0.2) is 13.1 Å². The Bertz CT molecular complexity index is 426. The van der Waals surface area contributed by atoms with Gasteiger partial charge in [-0.2, -0.15) is 0 Å². The molecule has 0 aliphatic carbocycles. The standard InChI is InChI=1S/C11H17NO2S/c1-9-6-4-5-7-11(9)8-10(2)12-15(3,13)14/h4-7,10,12H,8H2,1-3H3. The van der Waals surface area contributed by atoms with Crippen molar-refractivity contribution in [3.63, 3.8) is 0 Å². The highest BCUT2D eigenvalue weighted by molar-refractivity contribution is 7.88. The molecule has 0 fully saturated rings. The molecule has 1 aromatic rings. The van der Waals surface area contributed by atoms with Gasteiger partial charge in [0.15, 0.2) is 0 Å². The number of rotatable bonds is 4. The number of nitrogens with one attached hydrogen (secondary N) is 1. The number of sulfonamides is 1. The Balaban J connectivity index is 2.67. The van der Waals surface area contributed by atoms with Crippen LogP contribution in [0.4, 0.5) is 0 Å². The van der Waals surface area contributed by atoms with Gasteiger partial charge >= 0.3 is 0 Å². The lowest BCUT2D eigenvalue weighted by molar-refractivity contribution is 0.565. The summed E-state index contributed by atoms with van der Waals surface area (Å²) in [6, 6.07) is 7.93. The number of hydrogen-bond acceptors (Lipinski definition) is 2. The van der Waals surface area contributed by atoms with Gasteiger partial charge in [0.25, 0.3) is 0 Å². The second-order valence-corrected chi connectivity index (χ2v) is 5.70. The molecule has 3 nitrogen and oxygen atoms in total. The van der Waals surface area contributed by atoms with Gasteiger partial charge in [0, 0.05) is 6.04 Å². The van der Waals surface area contributed by atoms with E-state index >= 15 is 0 Å². The summed E-state index contributed by atoms with van der Waals surface area (Å²) in [6.07, 6.45) is 1.90. The van der Waals surface area contributed by atoms with E-state index in [1.807, 2.05) is 38.1 Å². The Morgan fingerprint density at radius 2 is 1.93 bits per heavy atom. The smallest absolute Gasteiger partial charge is 0.208 e. The highest BCUT2D eigenvalue weighted by Gasteiger charge is 2.09. The molecule has 0 aliphatic rings. The fraction of sp³-hybridized carbons (Fsp3) is 0.455. The molecule has 1 atom stereocenters. The Morgan fingerprint density at radius 1 is 1.33 bits per heavy atom. The summed E-state index contributed by atoms with van der Waals surface area (Å²) in [7, 11) is -3.11. The van der Waals surface area contributed by atoms with Crippen LogP contribution in [0, 0.1) is 6.92 Å². The van der Waals surface area contributed by atoms with E-state index in [0.717, 1.165) is 6.42 Å². The lowest BCUT2D eigenvalue weighted by Crippen LogP contribution is -2.33. The fourth-order valence-electron chi connectivity index (χ4n) is 1.58. The predicted octanol–water partition coefficient (Wildman–Crippen LogP) is 1.48. The minimum Gasteiger partial charge on any atom is -0.213 e. The third-order valence-corrected chi connectivity index (χ3v) is 3.03. The average molecular weight is 227 g/mol. The SMILES string of the molecule is Cc1ccccc1CC(C)NS(C)(=O)=O. The monoisotopic (exact) mass is 227 g/mol. The van der Waals surface area contributed by atoms with Crippen molar-refractivity contribution in [3.05, 3.63) is 35.4 Å². The first-order valence-electron chi connectivity index (χ1n) is 4.90. The molecule has 0 amide bonds. The van der Waals surface area contributed by atoms with Crippen molar-refractivity contribution in [1.82, 2.24) is 4.72 Å². The quantitative estimate of drug-likeness (QED) is 0.846. The molecule has 1 rings (SSSR count). The summed E-state index contributed by atoms with van der Waals surface area (Å²) in [5.41, 5.74) is 2.38. The van der Waals surface area contributed by atoms with Gasteiger partial charge in [0.2, 0.25) is 10.0 Å². The molecule has 15 heavy (non-hydrogen) atoms. The van der Waals surface area contributed by atoms with Crippen molar-refractivity contribution in [2.45, 2.75) is 26.3 Å². The molecule has 1 N–H and O–H groups in total. The minimum absolute atomic E-state index is 0.0684. The van der Waals surface area contributed by atoms with Gasteiger partial charge < -0.3 is 0 Å². The van der Waals surface area contributed by atoms with Crippen LogP contribution in [-0.4, -0.2) is 20.7 Å². The molecule has 1 unspecified atom stereocenters. The highest BCUT2D eigenvalue weighted by atomic mass is 32.2. The van der Waals surface area contributed by atoms with Crippen LogP contribution in [0.3, 0.4) is 0 Å². The normalized spacial score (nSPS) is 13.8. The lowest BCUT2D eigenvalue weighted by Gasteiger charge is -2.13. The second kappa shape index (κ2) is 4.77. The van der Waals surface area contributed by atoms with Crippen LogP contribution in [0.25, 0.3) is 0 Å². The van der Waals surface area contributed by atoms with Crippen LogP contribution < -0.4 is 4.72 Å². The first-order valence-corrected chi connectivity index (χ1v) is 6.79. The first kappa shape index (κ1) is 12.2. The number of benzene rings is 1. The molecule has 0 bridgehead atoms. The van der Waals surface area contributed by atoms with Crippen LogP contribution in [-0.2, 0) is 16.4 Å². The molecule has 0 aliphatic heterocycles. The van der Waals surface area contributed by atoms with Gasteiger partial charge in [-0.3, -0.25) is 0 Å². The number of aryl methyl sites for hydroxylation is 1. The molecule has 0 radical (unpaired) electrons. The zero-order valence-corrected chi connectivity index (χ0v) is 10.1. The van der Waals surface area contributed by atoms with Crippen LogP contribution >= 0.6 is 0 Å². The minimum atomic E-state index is -3.11. The van der Waals surface area contributed by atoms with Crippen molar-refractivity contribution in [3.8, 4) is 0 Å². The maximum atomic E-state index is 11.0. The summed E-state index contributed by atoms with van der Waals surface area (Å²) >= 11 is 0. The Hall–Kier alpha value is -0.870. The van der Waals surface area contributed by atoms with Crippen molar-refractivity contribution in [2.24, 2.45) is 0 Å². The highest BCUT2D eigenvalue weighted by Crippen LogP contribution is 2.09. The van der Waals surface area contributed by atoms with E-state index in [-0.39, 0.29) is 6.04 Å². The zero-order valence-electron chi connectivity index (χ0n) is 9.32. The van der Waals surface area contributed by atoms with Crippen LogP contribution in [0.15, 0.2) is 24.3 Å². The fourth-order valence-corrected chi connectivity index (χ4v) is 2.39. The predicted molar refractivity (Wildman–Crippen MR) is 62.3 cm³/mol. The van der Waals surface area contributed by atoms with E-state index < -0.39 is 10.0 Å². The second-order valence-electron chi connectivity index (χ2n) is 3.92. The molecule has 0 saturated carbocycles. The van der Waals surface area contributed by atoms with Crippen LogP contribution in [0.1, 0.15) is 18.1 Å². The van der Waals surface area contributed by atoms with E-state index in [0.29, 0.717) is 0 Å². The first-order chi connectivity index (χ1) is 6.88.